The summed E-state index contributed by atoms with van der Waals surface area (Å²) in [5.41, 5.74) is -0.417. The van der Waals surface area contributed by atoms with Gasteiger partial charge in [0.15, 0.2) is 0 Å². The summed E-state index contributed by atoms with van der Waals surface area (Å²) in [6.07, 6.45) is 5.01. The van der Waals surface area contributed by atoms with E-state index in [2.05, 4.69) is 10.1 Å². The molecule has 0 bridgehead atoms. The number of carbonyl (C=O) groups is 3. The zero-order valence-electron chi connectivity index (χ0n) is 11.9. The van der Waals surface area contributed by atoms with E-state index >= 15 is 0 Å². The third-order valence-corrected chi connectivity index (χ3v) is 3.85. The molecule has 1 aliphatic rings. The zero-order valence-corrected chi connectivity index (χ0v) is 11.9. The lowest BCUT2D eigenvalue weighted by atomic mass is 9.69. The minimum atomic E-state index is -0.853. The van der Waals surface area contributed by atoms with Gasteiger partial charge in [0.25, 0.3) is 0 Å². The molecule has 0 radical (unpaired) electrons. The second-order valence-electron chi connectivity index (χ2n) is 5.48. The molecule has 1 amide bonds. The normalized spacial score (nSPS) is 17.2. The first-order chi connectivity index (χ1) is 9.47. The molecule has 0 unspecified atom stereocenters. The SMILES string of the molecule is COC(=O)CCNC(=O)CC1(CC(=O)O)CCCCC1. The summed E-state index contributed by atoms with van der Waals surface area (Å²) in [6, 6.07) is 0. The maximum atomic E-state index is 11.9. The number of aliphatic carboxylic acids is 1. The van der Waals surface area contributed by atoms with E-state index in [1.807, 2.05) is 0 Å². The van der Waals surface area contributed by atoms with Crippen molar-refractivity contribution >= 4 is 17.8 Å². The van der Waals surface area contributed by atoms with Gasteiger partial charge >= 0.3 is 11.9 Å². The van der Waals surface area contributed by atoms with Crippen molar-refractivity contribution in [3.05, 3.63) is 0 Å². The van der Waals surface area contributed by atoms with Gasteiger partial charge in [-0.05, 0) is 18.3 Å². The van der Waals surface area contributed by atoms with Crippen LogP contribution in [-0.4, -0.2) is 36.6 Å². The number of esters is 1. The molecule has 6 heteroatoms. The molecule has 0 aromatic heterocycles. The minimum Gasteiger partial charge on any atom is -0.481 e. The van der Waals surface area contributed by atoms with Crippen LogP contribution in [0.15, 0.2) is 0 Å². The number of carboxylic acids is 1. The molecule has 1 fully saturated rings. The highest BCUT2D eigenvalue weighted by Crippen LogP contribution is 2.42. The highest BCUT2D eigenvalue weighted by atomic mass is 16.5. The van der Waals surface area contributed by atoms with E-state index in [-0.39, 0.29) is 37.7 Å². The molecular weight excluding hydrogens is 262 g/mol. The predicted octanol–water partition coefficient (Wildman–Crippen LogP) is 1.48. The van der Waals surface area contributed by atoms with Crippen LogP contribution >= 0.6 is 0 Å². The Hall–Kier alpha value is -1.59. The van der Waals surface area contributed by atoms with Gasteiger partial charge in [0.1, 0.15) is 0 Å². The molecule has 6 nitrogen and oxygen atoms in total. The van der Waals surface area contributed by atoms with Gasteiger partial charge in [0, 0.05) is 13.0 Å². The molecular formula is C14H23NO5. The van der Waals surface area contributed by atoms with Gasteiger partial charge in [-0.1, -0.05) is 19.3 Å². The van der Waals surface area contributed by atoms with Crippen LogP contribution in [0.5, 0.6) is 0 Å². The Bertz CT molecular complexity index is 361. The first kappa shape index (κ1) is 16.5. The summed E-state index contributed by atoms with van der Waals surface area (Å²) in [7, 11) is 1.30. The topological polar surface area (TPSA) is 92.7 Å². The smallest absolute Gasteiger partial charge is 0.307 e. The summed E-state index contributed by atoms with van der Waals surface area (Å²) in [5, 5.41) is 11.7. The molecule has 0 aromatic rings. The van der Waals surface area contributed by atoms with Gasteiger partial charge in [-0.15, -0.1) is 0 Å². The lowest BCUT2D eigenvalue weighted by Crippen LogP contribution is -2.35. The number of amides is 1. The number of methoxy groups -OCH3 is 1. The highest BCUT2D eigenvalue weighted by molar-refractivity contribution is 5.78. The standard InChI is InChI=1S/C14H23NO5/c1-20-13(19)5-8-15-11(16)9-14(10-12(17)18)6-3-2-4-7-14/h2-10H2,1H3,(H,15,16)(H,17,18). The lowest BCUT2D eigenvalue weighted by Gasteiger charge is -2.35. The highest BCUT2D eigenvalue weighted by Gasteiger charge is 2.36. The Kier molecular flexibility index (Phi) is 6.48. The second kappa shape index (κ2) is 7.87. The van der Waals surface area contributed by atoms with Crippen molar-refractivity contribution in [3.8, 4) is 0 Å². The Morgan fingerprint density at radius 2 is 1.80 bits per heavy atom. The molecule has 0 spiro atoms. The maximum Gasteiger partial charge on any atom is 0.307 e. The number of rotatable bonds is 7. The lowest BCUT2D eigenvalue weighted by molar-refractivity contribution is -0.141. The van der Waals surface area contributed by atoms with Crippen LogP contribution < -0.4 is 5.32 Å². The van der Waals surface area contributed by atoms with E-state index in [1.165, 1.54) is 7.11 Å². The molecule has 1 saturated carbocycles. The van der Waals surface area contributed by atoms with Gasteiger partial charge in [0.05, 0.1) is 20.0 Å². The van der Waals surface area contributed by atoms with Crippen LogP contribution in [0.3, 0.4) is 0 Å². The number of hydrogen-bond acceptors (Lipinski definition) is 4. The molecule has 1 aliphatic carbocycles. The Labute approximate surface area is 118 Å². The fourth-order valence-corrected chi connectivity index (χ4v) is 2.85. The number of ether oxygens (including phenoxy) is 1. The van der Waals surface area contributed by atoms with Crippen LogP contribution in [0.4, 0.5) is 0 Å². The second-order valence-corrected chi connectivity index (χ2v) is 5.48. The van der Waals surface area contributed by atoms with Crippen LogP contribution in [0.1, 0.15) is 51.4 Å². The maximum absolute atomic E-state index is 11.9. The van der Waals surface area contributed by atoms with Crippen LogP contribution in [-0.2, 0) is 19.1 Å². The fourth-order valence-electron chi connectivity index (χ4n) is 2.85. The molecule has 0 atom stereocenters. The summed E-state index contributed by atoms with van der Waals surface area (Å²) < 4.78 is 4.49. The quantitative estimate of drug-likeness (QED) is 0.691. The number of carbonyl (C=O) groups excluding carboxylic acids is 2. The van der Waals surface area contributed by atoms with E-state index in [0.29, 0.717) is 0 Å². The molecule has 20 heavy (non-hydrogen) atoms. The largest absolute Gasteiger partial charge is 0.481 e. The average molecular weight is 285 g/mol. The van der Waals surface area contributed by atoms with E-state index < -0.39 is 11.4 Å². The summed E-state index contributed by atoms with van der Waals surface area (Å²) in [4.78, 5) is 33.9. The Morgan fingerprint density at radius 1 is 1.15 bits per heavy atom. The molecule has 2 N–H and O–H groups in total. The van der Waals surface area contributed by atoms with E-state index in [9.17, 15) is 14.4 Å². The van der Waals surface area contributed by atoms with Crippen molar-refractivity contribution in [1.82, 2.24) is 5.32 Å². The molecule has 0 aliphatic heterocycles. The van der Waals surface area contributed by atoms with Crippen LogP contribution in [0.2, 0.25) is 0 Å². The molecule has 0 heterocycles. The van der Waals surface area contributed by atoms with Crippen molar-refractivity contribution in [3.63, 3.8) is 0 Å². The van der Waals surface area contributed by atoms with Crippen molar-refractivity contribution in [2.75, 3.05) is 13.7 Å². The summed E-state index contributed by atoms with van der Waals surface area (Å²) in [5.74, 6) is -1.41. The molecule has 1 rings (SSSR count). The number of carboxylic acid groups (broad SMARTS) is 1. The van der Waals surface area contributed by atoms with Gasteiger partial charge < -0.3 is 15.2 Å². The zero-order chi connectivity index (χ0) is 15.0. The van der Waals surface area contributed by atoms with Crippen molar-refractivity contribution < 1.29 is 24.2 Å². The monoisotopic (exact) mass is 285 g/mol. The Balaban J connectivity index is 2.45. The molecule has 114 valence electrons. The van der Waals surface area contributed by atoms with Crippen LogP contribution in [0, 0.1) is 5.41 Å². The van der Waals surface area contributed by atoms with Gasteiger partial charge in [-0.2, -0.15) is 0 Å². The number of hydrogen-bond donors (Lipinski definition) is 2. The number of nitrogens with one attached hydrogen (secondary N) is 1. The van der Waals surface area contributed by atoms with Crippen molar-refractivity contribution in [2.45, 2.75) is 51.4 Å². The molecule has 0 aromatic carbocycles. The minimum absolute atomic E-state index is 0.0391. The fraction of sp³-hybridized carbons (Fsp3) is 0.786. The predicted molar refractivity (Wildman–Crippen MR) is 72.0 cm³/mol. The summed E-state index contributed by atoms with van der Waals surface area (Å²) in [6.45, 7) is 0.231. The van der Waals surface area contributed by atoms with E-state index in [4.69, 9.17) is 5.11 Å². The van der Waals surface area contributed by atoms with Gasteiger partial charge in [-0.25, -0.2) is 0 Å². The van der Waals surface area contributed by atoms with Crippen molar-refractivity contribution in [2.24, 2.45) is 5.41 Å². The van der Waals surface area contributed by atoms with Crippen molar-refractivity contribution in [1.29, 1.82) is 0 Å². The molecule has 0 saturated heterocycles. The average Bonchev–Trinajstić information content (AvgIpc) is 2.38. The van der Waals surface area contributed by atoms with E-state index in [0.717, 1.165) is 32.1 Å². The van der Waals surface area contributed by atoms with Gasteiger partial charge in [-0.3, -0.25) is 14.4 Å². The Morgan fingerprint density at radius 3 is 2.35 bits per heavy atom. The first-order valence-electron chi connectivity index (χ1n) is 7.03. The van der Waals surface area contributed by atoms with Gasteiger partial charge in [0.2, 0.25) is 5.91 Å². The van der Waals surface area contributed by atoms with Crippen LogP contribution in [0.25, 0.3) is 0 Å². The summed E-state index contributed by atoms with van der Waals surface area (Å²) >= 11 is 0. The third kappa shape index (κ3) is 5.59. The first-order valence-corrected chi connectivity index (χ1v) is 7.03. The third-order valence-electron chi connectivity index (χ3n) is 3.85. The van der Waals surface area contributed by atoms with E-state index in [1.54, 1.807) is 0 Å².